The molecule has 1 saturated carbocycles. The maximum atomic E-state index is 13.6. The van der Waals surface area contributed by atoms with Crippen LogP contribution in [0.2, 0.25) is 0 Å². The smallest absolute Gasteiger partial charge is 0.435 e. The Bertz CT molecular complexity index is 1340. The van der Waals surface area contributed by atoms with Gasteiger partial charge < -0.3 is 15.7 Å². The summed E-state index contributed by atoms with van der Waals surface area (Å²) >= 11 is 0. The minimum absolute atomic E-state index is 0.130. The molecule has 1 heterocycles. The normalized spacial score (nSPS) is 17.3. The summed E-state index contributed by atoms with van der Waals surface area (Å²) in [5.74, 6) is -1.56. The van der Waals surface area contributed by atoms with Gasteiger partial charge in [0.05, 0.1) is 11.3 Å². The van der Waals surface area contributed by atoms with E-state index < -0.39 is 35.2 Å². The molecule has 0 bridgehead atoms. The minimum Gasteiger partial charge on any atom is -0.481 e. The zero-order chi connectivity index (χ0) is 28.9. The highest BCUT2D eigenvalue weighted by Gasteiger charge is 2.39. The molecule has 0 saturated heterocycles. The summed E-state index contributed by atoms with van der Waals surface area (Å²) in [7, 11) is 0. The second-order valence-corrected chi connectivity index (χ2v) is 10.2. The number of carbonyl (C=O) groups is 3. The molecule has 0 unspecified atom stereocenters. The van der Waals surface area contributed by atoms with E-state index in [4.69, 9.17) is 5.11 Å². The van der Waals surface area contributed by atoms with Crippen molar-refractivity contribution in [2.24, 2.45) is 5.92 Å². The Morgan fingerprint density at radius 3 is 2.25 bits per heavy atom. The average Bonchev–Trinajstić information content (AvgIpc) is 3.36. The number of halogens is 3. The van der Waals surface area contributed by atoms with Crippen LogP contribution < -0.4 is 10.6 Å². The van der Waals surface area contributed by atoms with Crippen LogP contribution in [0.25, 0.3) is 5.69 Å². The van der Waals surface area contributed by atoms with Crippen molar-refractivity contribution in [2.45, 2.75) is 57.5 Å². The van der Waals surface area contributed by atoms with E-state index in [1.54, 1.807) is 36.4 Å². The van der Waals surface area contributed by atoms with Crippen molar-refractivity contribution in [3.63, 3.8) is 0 Å². The van der Waals surface area contributed by atoms with E-state index >= 15 is 0 Å². The molecule has 40 heavy (non-hydrogen) atoms. The number of benzene rings is 2. The lowest BCUT2D eigenvalue weighted by Gasteiger charge is -2.28. The Labute approximate surface area is 229 Å². The maximum absolute atomic E-state index is 13.6. The number of anilines is 1. The van der Waals surface area contributed by atoms with E-state index in [0.29, 0.717) is 17.3 Å². The summed E-state index contributed by atoms with van der Waals surface area (Å²) in [6, 6.07) is 14.1. The molecule has 11 heteroatoms. The molecule has 1 aromatic heterocycles. The number of aromatic nitrogens is 2. The predicted octanol–water partition coefficient (Wildman–Crippen LogP) is 5.71. The second kappa shape index (κ2) is 12.4. The highest BCUT2D eigenvalue weighted by molar-refractivity contribution is 5.96. The summed E-state index contributed by atoms with van der Waals surface area (Å²) < 4.78 is 41.7. The van der Waals surface area contributed by atoms with Gasteiger partial charge in [-0.15, -0.1) is 0 Å². The molecule has 0 radical (unpaired) electrons. The summed E-state index contributed by atoms with van der Waals surface area (Å²) in [6.07, 6.45) is -0.135. The van der Waals surface area contributed by atoms with Crippen LogP contribution >= 0.6 is 0 Å². The van der Waals surface area contributed by atoms with Gasteiger partial charge in [-0.1, -0.05) is 29.8 Å². The molecule has 1 aliphatic carbocycles. The third-order valence-electron chi connectivity index (χ3n) is 7.14. The predicted molar refractivity (Wildman–Crippen MR) is 142 cm³/mol. The van der Waals surface area contributed by atoms with Crippen LogP contribution in [0.15, 0.2) is 54.7 Å². The fourth-order valence-corrected chi connectivity index (χ4v) is 4.97. The minimum atomic E-state index is -4.83. The molecule has 0 atom stereocenters. The highest BCUT2D eigenvalue weighted by Crippen LogP contribution is 2.37. The van der Waals surface area contributed by atoms with Crippen molar-refractivity contribution in [2.75, 3.05) is 11.9 Å². The Balaban J connectivity index is 1.28. The van der Waals surface area contributed by atoms with Gasteiger partial charge in [0.2, 0.25) is 5.91 Å². The third kappa shape index (κ3) is 7.49. The number of carboxylic acid groups (broad SMARTS) is 1. The Kier molecular flexibility index (Phi) is 8.91. The molecular formula is C29H31F3N4O4. The molecule has 0 spiro atoms. The zero-order valence-electron chi connectivity index (χ0n) is 22.0. The molecule has 2 amide bonds. The molecule has 4 rings (SSSR count). The van der Waals surface area contributed by atoms with Crippen molar-refractivity contribution in [3.05, 3.63) is 77.1 Å². The molecule has 3 aromatic rings. The fourth-order valence-electron chi connectivity index (χ4n) is 4.97. The van der Waals surface area contributed by atoms with E-state index in [2.05, 4.69) is 15.7 Å². The molecule has 1 aliphatic rings. The molecule has 2 aromatic carbocycles. The van der Waals surface area contributed by atoms with Crippen molar-refractivity contribution in [1.82, 2.24) is 15.1 Å². The van der Waals surface area contributed by atoms with Gasteiger partial charge >= 0.3 is 12.1 Å². The third-order valence-corrected chi connectivity index (χ3v) is 7.14. The van der Waals surface area contributed by atoms with Crippen LogP contribution in [0.4, 0.5) is 18.9 Å². The first-order valence-electron chi connectivity index (χ1n) is 13.1. The monoisotopic (exact) mass is 556 g/mol. The first-order valence-corrected chi connectivity index (χ1v) is 13.1. The van der Waals surface area contributed by atoms with Gasteiger partial charge in [-0.3, -0.25) is 14.4 Å². The van der Waals surface area contributed by atoms with Crippen LogP contribution in [-0.4, -0.2) is 39.2 Å². The number of nitrogens with zero attached hydrogens (tertiary/aromatic N) is 2. The number of rotatable bonds is 9. The number of aryl methyl sites for hydroxylation is 1. The van der Waals surface area contributed by atoms with Gasteiger partial charge in [-0.25, -0.2) is 4.68 Å². The Morgan fingerprint density at radius 1 is 1.00 bits per heavy atom. The first kappa shape index (κ1) is 28.8. The van der Waals surface area contributed by atoms with Gasteiger partial charge in [0, 0.05) is 31.3 Å². The summed E-state index contributed by atoms with van der Waals surface area (Å²) in [6.45, 7) is 1.69. The number of hydrogen-bond donors (Lipinski definition) is 3. The van der Waals surface area contributed by atoms with Crippen molar-refractivity contribution in [1.29, 1.82) is 0 Å². The van der Waals surface area contributed by atoms with Gasteiger partial charge in [-0.05, 0) is 74.3 Å². The van der Waals surface area contributed by atoms with Gasteiger partial charge in [0.15, 0.2) is 5.69 Å². The van der Waals surface area contributed by atoms with E-state index in [-0.39, 0.29) is 25.3 Å². The molecular weight excluding hydrogens is 525 g/mol. The Hall–Kier alpha value is -4.15. The average molecular weight is 557 g/mol. The van der Waals surface area contributed by atoms with Crippen molar-refractivity contribution in [3.8, 4) is 5.69 Å². The molecule has 8 nitrogen and oxygen atoms in total. The summed E-state index contributed by atoms with van der Waals surface area (Å²) in [5, 5.41) is 17.7. The van der Waals surface area contributed by atoms with Gasteiger partial charge in [0.1, 0.15) is 0 Å². The number of carboxylic acids is 1. The second-order valence-electron chi connectivity index (χ2n) is 10.2. The lowest BCUT2D eigenvalue weighted by atomic mass is 9.77. The molecule has 3 N–H and O–H groups in total. The Morgan fingerprint density at radius 2 is 1.65 bits per heavy atom. The summed E-state index contributed by atoms with van der Waals surface area (Å²) in [5.41, 5.74) is 1.08. The number of aliphatic carboxylic acids is 1. The first-order chi connectivity index (χ1) is 19.0. The van der Waals surface area contributed by atoms with Crippen LogP contribution in [0.3, 0.4) is 0 Å². The van der Waals surface area contributed by atoms with Crippen molar-refractivity contribution >= 4 is 23.5 Å². The number of carbonyl (C=O) groups excluding carboxylic acids is 2. The number of hydrogen-bond acceptors (Lipinski definition) is 4. The maximum Gasteiger partial charge on any atom is 0.435 e. The van der Waals surface area contributed by atoms with Gasteiger partial charge in [0.25, 0.3) is 5.91 Å². The van der Waals surface area contributed by atoms with Crippen LogP contribution in [0, 0.1) is 12.8 Å². The lowest BCUT2D eigenvalue weighted by Crippen LogP contribution is -2.29. The van der Waals surface area contributed by atoms with Crippen molar-refractivity contribution < 1.29 is 32.7 Å². The van der Waals surface area contributed by atoms with Crippen LogP contribution in [0.1, 0.15) is 71.6 Å². The van der Waals surface area contributed by atoms with Crippen LogP contribution in [-0.2, 0) is 15.8 Å². The number of nitrogens with one attached hydrogen (secondary N) is 2. The topological polar surface area (TPSA) is 113 Å². The fraction of sp³-hybridized carbons (Fsp3) is 0.379. The quantitative estimate of drug-likeness (QED) is 0.313. The van der Waals surface area contributed by atoms with E-state index in [1.165, 1.54) is 0 Å². The van der Waals surface area contributed by atoms with E-state index in [1.807, 2.05) is 19.1 Å². The van der Waals surface area contributed by atoms with E-state index in [0.717, 1.165) is 47.7 Å². The standard InChI is InChI=1S/C29H31F3N4O4/c1-18-2-12-23(13-3-18)36-17-24(27(35-36)29(30,31)32)28(40)33-15-14-25(37)34-22-10-8-21(9-11-22)20-6-4-19(5-7-20)16-26(38)39/h2-3,8-13,17,19-20H,4-7,14-16H2,1H3,(H,33,40)(H,34,37)(H,38,39)/t19-,20-. The molecule has 1 fully saturated rings. The highest BCUT2D eigenvalue weighted by atomic mass is 19.4. The zero-order valence-corrected chi connectivity index (χ0v) is 22.0. The lowest BCUT2D eigenvalue weighted by molar-refractivity contribution is -0.141. The van der Waals surface area contributed by atoms with Gasteiger partial charge in [-0.2, -0.15) is 18.3 Å². The molecule has 0 aliphatic heterocycles. The summed E-state index contributed by atoms with van der Waals surface area (Å²) in [4.78, 5) is 35.9. The molecule has 212 valence electrons. The largest absolute Gasteiger partial charge is 0.481 e. The number of amides is 2. The van der Waals surface area contributed by atoms with E-state index in [9.17, 15) is 27.6 Å². The SMILES string of the molecule is Cc1ccc(-n2cc(C(=O)NCCC(=O)Nc3ccc([C@H]4CC[C@H](CC(=O)O)CC4)cc3)c(C(F)(F)F)n2)cc1. The number of alkyl halides is 3. The van der Waals surface area contributed by atoms with Crippen LogP contribution in [0.5, 0.6) is 0 Å².